The van der Waals surface area contributed by atoms with E-state index in [1.165, 1.54) is 24.0 Å². The molecule has 1 aliphatic carbocycles. The first kappa shape index (κ1) is 20.7. The first-order valence-corrected chi connectivity index (χ1v) is 9.21. The first-order chi connectivity index (χ1) is 13.0. The number of amides is 3. The second kappa shape index (κ2) is 7.09. The second-order valence-corrected chi connectivity index (χ2v) is 7.92. The molecular formula is C18H20ClF4N3O2. The van der Waals surface area contributed by atoms with Gasteiger partial charge in [0.25, 0.3) is 0 Å². The Hall–Kier alpha value is -2.03. The molecule has 3 N–H and O–H groups in total. The molecule has 0 spiro atoms. The van der Waals surface area contributed by atoms with Gasteiger partial charge in [-0.2, -0.15) is 13.2 Å². The van der Waals surface area contributed by atoms with Crippen molar-refractivity contribution in [2.24, 2.45) is 17.6 Å². The molecule has 10 heteroatoms. The summed E-state index contributed by atoms with van der Waals surface area (Å²) in [5.74, 6) is -4.05. The maximum Gasteiger partial charge on any atom is 0.391 e. The molecule has 0 aromatic heterocycles. The fourth-order valence-corrected chi connectivity index (χ4v) is 4.62. The maximum absolute atomic E-state index is 13.7. The lowest BCUT2D eigenvalue weighted by molar-refractivity contribution is -0.209. The molecule has 154 valence electrons. The predicted molar refractivity (Wildman–Crippen MR) is 94.1 cm³/mol. The standard InChI is InChI=1S/C18H20ClF4N3O2/c1-17(15(27)25-4-5-26(17)16(24)28)14(9-2-3-13(20)12(19)8-9)10-6-11(7-10)18(21,22)23/h2-3,8,10-11,14H,4-7H2,1H3,(H2,24,28)(H,25,27)/t10?,11?,14-,17?/m1/s1. The van der Waals surface area contributed by atoms with Gasteiger partial charge in [0.2, 0.25) is 5.91 Å². The average Bonchev–Trinajstić information content (AvgIpc) is 2.54. The van der Waals surface area contributed by atoms with Crippen LogP contribution in [0.25, 0.3) is 0 Å². The third-order valence-corrected chi connectivity index (χ3v) is 6.21. The van der Waals surface area contributed by atoms with Crippen molar-refractivity contribution in [2.75, 3.05) is 13.1 Å². The number of urea groups is 1. The molecule has 3 amide bonds. The summed E-state index contributed by atoms with van der Waals surface area (Å²) < 4.78 is 52.8. The number of primary amides is 1. The van der Waals surface area contributed by atoms with Crippen LogP contribution >= 0.6 is 11.6 Å². The summed E-state index contributed by atoms with van der Waals surface area (Å²) in [6, 6.07) is 2.94. The Bertz CT molecular complexity index is 798. The zero-order chi connectivity index (χ0) is 20.9. The predicted octanol–water partition coefficient (Wildman–Crippen LogP) is 3.42. The van der Waals surface area contributed by atoms with E-state index >= 15 is 0 Å². The normalized spacial score (nSPS) is 29.1. The van der Waals surface area contributed by atoms with Gasteiger partial charge in [0.1, 0.15) is 11.4 Å². The summed E-state index contributed by atoms with van der Waals surface area (Å²) in [5.41, 5.74) is 4.34. The molecule has 1 unspecified atom stereocenters. The number of piperazine rings is 1. The summed E-state index contributed by atoms with van der Waals surface area (Å²) in [4.78, 5) is 26.0. The Morgan fingerprint density at radius 3 is 2.57 bits per heavy atom. The van der Waals surface area contributed by atoms with Gasteiger partial charge in [-0.25, -0.2) is 9.18 Å². The largest absolute Gasteiger partial charge is 0.391 e. The number of carbonyl (C=O) groups excluding carboxylic acids is 2. The minimum atomic E-state index is -4.33. The lowest BCUT2D eigenvalue weighted by atomic mass is 9.60. The highest BCUT2D eigenvalue weighted by atomic mass is 35.5. The smallest absolute Gasteiger partial charge is 0.352 e. The van der Waals surface area contributed by atoms with Gasteiger partial charge < -0.3 is 16.0 Å². The van der Waals surface area contributed by atoms with E-state index in [2.05, 4.69) is 5.32 Å². The van der Waals surface area contributed by atoms with Gasteiger partial charge in [-0.1, -0.05) is 17.7 Å². The van der Waals surface area contributed by atoms with Crippen LogP contribution in [0.2, 0.25) is 5.02 Å². The van der Waals surface area contributed by atoms with Gasteiger partial charge >= 0.3 is 12.2 Å². The Balaban J connectivity index is 2.06. The van der Waals surface area contributed by atoms with E-state index in [-0.39, 0.29) is 31.0 Å². The SMILES string of the molecule is CC1([C@H](c2ccc(F)c(Cl)c2)C2CC(C(F)(F)F)C2)C(=O)NCCN1C(N)=O. The summed E-state index contributed by atoms with van der Waals surface area (Å²) in [5, 5.41) is 2.45. The van der Waals surface area contributed by atoms with Crippen molar-refractivity contribution < 1.29 is 27.2 Å². The molecule has 1 aliphatic heterocycles. The minimum absolute atomic E-state index is 0.123. The van der Waals surface area contributed by atoms with Crippen molar-refractivity contribution in [1.82, 2.24) is 10.2 Å². The van der Waals surface area contributed by atoms with Gasteiger partial charge in [-0.3, -0.25) is 4.79 Å². The van der Waals surface area contributed by atoms with Gasteiger partial charge in [0.15, 0.2) is 0 Å². The lowest BCUT2D eigenvalue weighted by Gasteiger charge is -2.53. The maximum atomic E-state index is 13.7. The van der Waals surface area contributed by atoms with Crippen LogP contribution in [-0.4, -0.2) is 41.6 Å². The molecule has 1 saturated carbocycles. The molecule has 0 bridgehead atoms. The quantitative estimate of drug-likeness (QED) is 0.734. The summed E-state index contributed by atoms with van der Waals surface area (Å²) >= 11 is 5.88. The van der Waals surface area contributed by atoms with E-state index in [1.54, 1.807) is 0 Å². The van der Waals surface area contributed by atoms with Crippen LogP contribution in [-0.2, 0) is 4.79 Å². The molecule has 1 aromatic carbocycles. The number of nitrogens with one attached hydrogen (secondary N) is 1. The van der Waals surface area contributed by atoms with E-state index in [4.69, 9.17) is 17.3 Å². The number of hydrogen-bond donors (Lipinski definition) is 2. The molecule has 28 heavy (non-hydrogen) atoms. The Labute approximate surface area is 164 Å². The summed E-state index contributed by atoms with van der Waals surface area (Å²) in [6.07, 6.45) is -4.72. The Morgan fingerprint density at radius 1 is 1.39 bits per heavy atom. The molecule has 1 saturated heterocycles. The summed E-state index contributed by atoms with van der Waals surface area (Å²) in [6.45, 7) is 1.79. The number of hydrogen-bond acceptors (Lipinski definition) is 2. The topological polar surface area (TPSA) is 75.4 Å². The Morgan fingerprint density at radius 2 is 2.04 bits per heavy atom. The van der Waals surface area contributed by atoms with Crippen molar-refractivity contribution in [2.45, 2.75) is 37.4 Å². The zero-order valence-corrected chi connectivity index (χ0v) is 15.8. The van der Waals surface area contributed by atoms with E-state index in [1.807, 2.05) is 0 Å². The number of carbonyl (C=O) groups is 2. The average molecular weight is 422 g/mol. The minimum Gasteiger partial charge on any atom is -0.352 e. The molecule has 2 atom stereocenters. The van der Waals surface area contributed by atoms with Gasteiger partial charge in [0.05, 0.1) is 10.9 Å². The van der Waals surface area contributed by atoms with Crippen molar-refractivity contribution >= 4 is 23.5 Å². The van der Waals surface area contributed by atoms with Gasteiger partial charge in [0, 0.05) is 19.0 Å². The van der Waals surface area contributed by atoms with Gasteiger partial charge in [-0.15, -0.1) is 0 Å². The van der Waals surface area contributed by atoms with Crippen LogP contribution in [0.5, 0.6) is 0 Å². The molecule has 2 fully saturated rings. The molecule has 3 rings (SSSR count). The molecule has 1 heterocycles. The van der Waals surface area contributed by atoms with Crippen LogP contribution in [0.1, 0.15) is 31.2 Å². The number of nitrogens with zero attached hydrogens (tertiary/aromatic N) is 1. The fourth-order valence-electron chi connectivity index (χ4n) is 4.43. The van der Waals surface area contributed by atoms with Crippen molar-refractivity contribution in [3.05, 3.63) is 34.6 Å². The highest BCUT2D eigenvalue weighted by molar-refractivity contribution is 6.30. The Kier molecular flexibility index (Phi) is 5.24. The third-order valence-electron chi connectivity index (χ3n) is 5.92. The van der Waals surface area contributed by atoms with E-state index in [0.29, 0.717) is 5.56 Å². The lowest BCUT2D eigenvalue weighted by Crippen LogP contribution is -2.69. The molecule has 1 aromatic rings. The van der Waals surface area contributed by atoms with Crippen LogP contribution in [0.4, 0.5) is 22.4 Å². The van der Waals surface area contributed by atoms with Crippen LogP contribution in [0.15, 0.2) is 18.2 Å². The monoisotopic (exact) mass is 421 g/mol. The highest BCUT2D eigenvalue weighted by Crippen LogP contribution is 2.54. The number of nitrogens with two attached hydrogens (primary N) is 1. The van der Waals surface area contributed by atoms with Crippen molar-refractivity contribution in [3.8, 4) is 0 Å². The second-order valence-electron chi connectivity index (χ2n) is 7.51. The molecule has 2 aliphatic rings. The van der Waals surface area contributed by atoms with E-state index in [0.717, 1.165) is 6.07 Å². The highest BCUT2D eigenvalue weighted by Gasteiger charge is 2.58. The first-order valence-electron chi connectivity index (χ1n) is 8.83. The molecule has 0 radical (unpaired) electrons. The van der Waals surface area contributed by atoms with E-state index < -0.39 is 47.2 Å². The third kappa shape index (κ3) is 3.40. The van der Waals surface area contributed by atoms with Crippen molar-refractivity contribution in [1.29, 1.82) is 0 Å². The molecule has 5 nitrogen and oxygen atoms in total. The number of benzene rings is 1. The van der Waals surface area contributed by atoms with Crippen LogP contribution in [0, 0.1) is 17.7 Å². The van der Waals surface area contributed by atoms with Crippen molar-refractivity contribution in [3.63, 3.8) is 0 Å². The van der Waals surface area contributed by atoms with Gasteiger partial charge in [-0.05, 0) is 43.4 Å². The number of alkyl halides is 3. The van der Waals surface area contributed by atoms with Crippen LogP contribution in [0.3, 0.4) is 0 Å². The fraction of sp³-hybridized carbons (Fsp3) is 0.556. The van der Waals surface area contributed by atoms with E-state index in [9.17, 15) is 27.2 Å². The van der Waals surface area contributed by atoms with Crippen LogP contribution < -0.4 is 11.1 Å². The summed E-state index contributed by atoms with van der Waals surface area (Å²) in [7, 11) is 0. The number of halogens is 5. The molecular weight excluding hydrogens is 402 g/mol. The number of rotatable bonds is 3. The zero-order valence-electron chi connectivity index (χ0n) is 15.0.